The van der Waals surface area contributed by atoms with Crippen molar-refractivity contribution >= 4 is 17.1 Å². The third kappa shape index (κ3) is 6.38. The fourth-order valence-electron chi connectivity index (χ4n) is 6.91. The van der Waals surface area contributed by atoms with E-state index in [2.05, 4.69) is 180 Å². The molecule has 2 aliphatic heterocycles. The van der Waals surface area contributed by atoms with Crippen LogP contribution in [0.1, 0.15) is 95.4 Å². The zero-order valence-corrected chi connectivity index (χ0v) is 30.0. The highest BCUT2D eigenvalue weighted by Gasteiger charge is 2.35. The maximum atomic E-state index is 6.81. The van der Waals surface area contributed by atoms with Crippen molar-refractivity contribution in [2.24, 2.45) is 0 Å². The Morgan fingerprint density at radius 3 is 1.98 bits per heavy atom. The summed E-state index contributed by atoms with van der Waals surface area (Å²) in [6.07, 6.45) is 4.28. The largest absolute Gasteiger partial charge is 0.457 e. The Hall–Kier alpha value is -4.22. The van der Waals surface area contributed by atoms with Gasteiger partial charge < -0.3 is 19.4 Å². The van der Waals surface area contributed by atoms with Gasteiger partial charge in [-0.05, 0) is 102 Å². The summed E-state index contributed by atoms with van der Waals surface area (Å²) in [6.45, 7) is 20.0. The molecule has 0 N–H and O–H groups in total. The van der Waals surface area contributed by atoms with Gasteiger partial charge in [0.25, 0.3) is 0 Å². The topological polar surface area (TPSA) is 22.2 Å². The Balaban J connectivity index is 1.44. The Bertz CT molecular complexity index is 1760. The number of hydrogen-bond acceptors (Lipinski definition) is 5. The highest BCUT2D eigenvalue weighted by molar-refractivity contribution is 5.78. The first-order valence-electron chi connectivity index (χ1n) is 17.2. The average molecular weight is 629 g/mol. The van der Waals surface area contributed by atoms with Gasteiger partial charge in [-0.15, -0.1) is 0 Å². The molecule has 0 amide bonds. The highest BCUT2D eigenvalue weighted by Crippen LogP contribution is 2.45. The molecule has 5 nitrogen and oxygen atoms in total. The third-order valence-electron chi connectivity index (χ3n) is 10.0. The van der Waals surface area contributed by atoms with E-state index in [0.29, 0.717) is 17.8 Å². The van der Waals surface area contributed by atoms with Gasteiger partial charge in [0.1, 0.15) is 11.5 Å². The van der Waals surface area contributed by atoms with E-state index < -0.39 is 0 Å². The van der Waals surface area contributed by atoms with Crippen LogP contribution >= 0.6 is 0 Å². The molecule has 2 heterocycles. The zero-order valence-electron chi connectivity index (χ0n) is 30.0. The minimum atomic E-state index is -0.0484. The van der Waals surface area contributed by atoms with Crippen molar-refractivity contribution in [1.82, 2.24) is 9.80 Å². The van der Waals surface area contributed by atoms with Crippen LogP contribution < -0.4 is 14.5 Å². The van der Waals surface area contributed by atoms with E-state index in [0.717, 1.165) is 36.2 Å². The SMILES string of the molecule is CC(C)c1cc(C(C)C)c(-c2cc(Oc3cccc(N4CN(C)C(C)(C)c5ccccc54)c3)cc(N3C=CN(C)C3)c2)c(C(C)C)c1. The molecular weight excluding hydrogens is 576 g/mol. The molecule has 0 unspecified atom stereocenters. The normalized spacial score (nSPS) is 16.1. The fourth-order valence-corrected chi connectivity index (χ4v) is 6.91. The van der Waals surface area contributed by atoms with E-state index in [1.807, 2.05) is 0 Å². The third-order valence-corrected chi connectivity index (χ3v) is 10.0. The predicted octanol–water partition coefficient (Wildman–Crippen LogP) is 11.0. The van der Waals surface area contributed by atoms with Gasteiger partial charge in [-0.1, -0.05) is 77.9 Å². The summed E-state index contributed by atoms with van der Waals surface area (Å²) < 4.78 is 6.81. The summed E-state index contributed by atoms with van der Waals surface area (Å²) in [7, 11) is 4.31. The van der Waals surface area contributed by atoms with E-state index in [4.69, 9.17) is 4.74 Å². The summed E-state index contributed by atoms with van der Waals surface area (Å²) in [5.74, 6) is 2.92. The lowest BCUT2D eigenvalue weighted by Crippen LogP contribution is -2.49. The average Bonchev–Trinajstić information content (AvgIpc) is 3.48. The molecular formula is C42H52N4O. The number of fused-ring (bicyclic) bond motifs is 1. The van der Waals surface area contributed by atoms with Gasteiger partial charge in [-0.25, -0.2) is 0 Å². The van der Waals surface area contributed by atoms with Gasteiger partial charge in [-0.3, -0.25) is 4.90 Å². The van der Waals surface area contributed by atoms with Crippen molar-refractivity contribution in [3.8, 4) is 22.6 Å². The fraction of sp³-hybridized carbons (Fsp3) is 0.381. The highest BCUT2D eigenvalue weighted by atomic mass is 16.5. The summed E-state index contributed by atoms with van der Waals surface area (Å²) in [5.41, 5.74) is 11.5. The first-order valence-corrected chi connectivity index (χ1v) is 17.2. The maximum absolute atomic E-state index is 6.81. The lowest BCUT2D eigenvalue weighted by Gasteiger charge is -2.47. The van der Waals surface area contributed by atoms with Crippen LogP contribution in [-0.4, -0.2) is 37.2 Å². The standard InChI is InChI=1S/C42H52N4O/c1-28(2)31-22-37(29(3)4)41(38(23-31)30(5)6)32-20-34(45-19-18-43(9)26-45)25-36(21-32)47-35-15-13-14-33(24-35)46-27-44(10)42(7,8)39-16-11-12-17-40(39)46/h11-25,28-30H,26-27H2,1-10H3. The lowest BCUT2D eigenvalue weighted by atomic mass is 9.81. The van der Waals surface area contributed by atoms with E-state index in [1.165, 1.54) is 39.1 Å². The zero-order chi connectivity index (χ0) is 33.6. The van der Waals surface area contributed by atoms with Crippen LogP contribution in [0.5, 0.6) is 11.5 Å². The number of ether oxygens (including phenoxy) is 1. The van der Waals surface area contributed by atoms with Crippen LogP contribution in [-0.2, 0) is 5.54 Å². The second kappa shape index (κ2) is 12.8. The molecule has 0 spiro atoms. The van der Waals surface area contributed by atoms with Crippen molar-refractivity contribution in [2.45, 2.75) is 78.7 Å². The molecule has 0 atom stereocenters. The Morgan fingerprint density at radius 1 is 0.660 bits per heavy atom. The smallest absolute Gasteiger partial charge is 0.130 e. The number of rotatable bonds is 8. The van der Waals surface area contributed by atoms with Crippen molar-refractivity contribution in [3.05, 3.63) is 114 Å². The molecule has 246 valence electrons. The molecule has 5 heteroatoms. The quantitative estimate of drug-likeness (QED) is 0.193. The molecule has 47 heavy (non-hydrogen) atoms. The summed E-state index contributed by atoms with van der Waals surface area (Å²) in [6, 6.07) is 28.9. The van der Waals surface area contributed by atoms with Gasteiger partial charge in [0.05, 0.1) is 13.3 Å². The van der Waals surface area contributed by atoms with Crippen LogP contribution in [0.3, 0.4) is 0 Å². The number of para-hydroxylation sites is 1. The van der Waals surface area contributed by atoms with Crippen molar-refractivity contribution in [2.75, 3.05) is 37.2 Å². The minimum Gasteiger partial charge on any atom is -0.457 e. The monoisotopic (exact) mass is 628 g/mol. The number of hydrogen-bond donors (Lipinski definition) is 0. The second-order valence-corrected chi connectivity index (χ2v) is 14.9. The van der Waals surface area contributed by atoms with Crippen LogP contribution in [0.25, 0.3) is 11.1 Å². The molecule has 4 aromatic rings. The Labute approximate surface area is 283 Å². The van der Waals surface area contributed by atoms with E-state index in [-0.39, 0.29) is 5.54 Å². The van der Waals surface area contributed by atoms with Crippen molar-refractivity contribution in [3.63, 3.8) is 0 Å². The van der Waals surface area contributed by atoms with E-state index in [1.54, 1.807) is 0 Å². The molecule has 0 aliphatic carbocycles. The van der Waals surface area contributed by atoms with Crippen molar-refractivity contribution in [1.29, 1.82) is 0 Å². The molecule has 4 aromatic carbocycles. The second-order valence-electron chi connectivity index (χ2n) is 14.9. The number of benzene rings is 4. The van der Waals surface area contributed by atoms with E-state index >= 15 is 0 Å². The maximum Gasteiger partial charge on any atom is 0.130 e. The molecule has 2 aliphatic rings. The van der Waals surface area contributed by atoms with Crippen LogP contribution in [0.15, 0.2) is 91.3 Å². The van der Waals surface area contributed by atoms with Crippen LogP contribution in [0.4, 0.5) is 17.1 Å². The Kier molecular flexibility index (Phi) is 8.88. The molecule has 0 fully saturated rings. The summed E-state index contributed by atoms with van der Waals surface area (Å²) in [4.78, 5) is 9.28. The molecule has 6 rings (SSSR count). The number of anilines is 3. The molecule has 0 aromatic heterocycles. The Morgan fingerprint density at radius 2 is 1.34 bits per heavy atom. The molecule has 0 saturated carbocycles. The first-order chi connectivity index (χ1) is 22.3. The lowest BCUT2D eigenvalue weighted by molar-refractivity contribution is 0.150. The molecule has 0 bridgehead atoms. The van der Waals surface area contributed by atoms with Gasteiger partial charge in [0.2, 0.25) is 0 Å². The van der Waals surface area contributed by atoms with Gasteiger partial charge in [-0.2, -0.15) is 0 Å². The van der Waals surface area contributed by atoms with Crippen LogP contribution in [0.2, 0.25) is 0 Å². The van der Waals surface area contributed by atoms with Crippen molar-refractivity contribution < 1.29 is 4.74 Å². The van der Waals surface area contributed by atoms with Gasteiger partial charge in [0, 0.05) is 54.2 Å². The van der Waals surface area contributed by atoms with E-state index in [9.17, 15) is 0 Å². The predicted molar refractivity (Wildman–Crippen MR) is 199 cm³/mol. The first kappa shape index (κ1) is 32.7. The van der Waals surface area contributed by atoms with Crippen LogP contribution in [0, 0.1) is 0 Å². The van der Waals surface area contributed by atoms with Gasteiger partial charge in [0.15, 0.2) is 0 Å². The summed E-state index contributed by atoms with van der Waals surface area (Å²) in [5, 5.41) is 0. The van der Waals surface area contributed by atoms with Gasteiger partial charge >= 0.3 is 0 Å². The summed E-state index contributed by atoms with van der Waals surface area (Å²) >= 11 is 0. The minimum absolute atomic E-state index is 0.0484. The molecule has 0 radical (unpaired) electrons. The molecule has 0 saturated heterocycles. The number of nitrogens with zero attached hydrogens (tertiary/aromatic N) is 4.